The highest BCUT2D eigenvalue weighted by Gasteiger charge is 2.38. The van der Waals surface area contributed by atoms with Crippen LogP contribution < -0.4 is 0 Å². The molecule has 4 rings (SSSR count). The molecule has 1 saturated heterocycles. The minimum absolute atomic E-state index is 0.0656. The van der Waals surface area contributed by atoms with Gasteiger partial charge in [-0.2, -0.15) is 13.2 Å². The van der Waals surface area contributed by atoms with Gasteiger partial charge in [0.05, 0.1) is 16.6 Å². The first-order valence-corrected chi connectivity index (χ1v) is 9.45. The zero-order chi connectivity index (χ0) is 20.6. The van der Waals surface area contributed by atoms with Gasteiger partial charge in [-0.15, -0.1) is 0 Å². The molecular formula is C20H19F3N4O2. The van der Waals surface area contributed by atoms with Crippen LogP contribution in [-0.4, -0.2) is 39.0 Å². The number of nitrogens with zero attached hydrogens (tertiary/aromatic N) is 4. The van der Waals surface area contributed by atoms with Crippen LogP contribution in [0, 0.1) is 0 Å². The van der Waals surface area contributed by atoms with Crippen molar-refractivity contribution in [1.29, 1.82) is 0 Å². The highest BCUT2D eigenvalue weighted by molar-refractivity contribution is 5.92. The molecule has 0 aliphatic carbocycles. The molecule has 1 fully saturated rings. The molecule has 0 N–H and O–H groups in total. The molecule has 1 aliphatic rings. The molecule has 9 heteroatoms. The number of halogens is 3. The lowest BCUT2D eigenvalue weighted by atomic mass is 9.90. The van der Waals surface area contributed by atoms with Crippen LogP contribution >= 0.6 is 0 Å². The Hall–Kier alpha value is -2.97. The molecule has 4 heterocycles. The van der Waals surface area contributed by atoms with Crippen LogP contribution in [0.5, 0.6) is 0 Å². The summed E-state index contributed by atoms with van der Waals surface area (Å²) in [6, 6.07) is 6.19. The van der Waals surface area contributed by atoms with Crippen molar-refractivity contribution in [3.8, 4) is 0 Å². The maximum atomic E-state index is 13.7. The minimum Gasteiger partial charge on any atom is -0.337 e. The number of amides is 1. The van der Waals surface area contributed by atoms with E-state index in [4.69, 9.17) is 4.52 Å². The van der Waals surface area contributed by atoms with E-state index in [0.29, 0.717) is 43.7 Å². The maximum absolute atomic E-state index is 13.7. The summed E-state index contributed by atoms with van der Waals surface area (Å²) in [7, 11) is 0. The third kappa shape index (κ3) is 3.68. The zero-order valence-electron chi connectivity index (χ0n) is 15.7. The van der Waals surface area contributed by atoms with Gasteiger partial charge in [0.1, 0.15) is 5.69 Å². The molecule has 1 amide bonds. The van der Waals surface area contributed by atoms with Crippen LogP contribution in [0.4, 0.5) is 13.2 Å². The fourth-order valence-electron chi connectivity index (χ4n) is 3.71. The van der Waals surface area contributed by atoms with Crippen LogP contribution in [0.1, 0.15) is 53.1 Å². The minimum atomic E-state index is -4.53. The van der Waals surface area contributed by atoms with E-state index in [9.17, 15) is 18.0 Å². The number of pyridine rings is 2. The molecule has 0 saturated carbocycles. The number of alkyl halides is 3. The van der Waals surface area contributed by atoms with Gasteiger partial charge in [0.25, 0.3) is 11.6 Å². The van der Waals surface area contributed by atoms with Crippen molar-refractivity contribution in [2.75, 3.05) is 13.1 Å². The van der Waals surface area contributed by atoms with E-state index in [1.54, 1.807) is 36.2 Å². The van der Waals surface area contributed by atoms with E-state index in [1.807, 2.05) is 0 Å². The largest absolute Gasteiger partial charge is 0.417 e. The topological polar surface area (TPSA) is 72.1 Å². The van der Waals surface area contributed by atoms with Crippen molar-refractivity contribution in [3.63, 3.8) is 0 Å². The van der Waals surface area contributed by atoms with Crippen LogP contribution in [-0.2, 0) is 12.6 Å². The third-order valence-electron chi connectivity index (χ3n) is 5.25. The molecule has 0 atom stereocenters. The lowest BCUT2D eigenvalue weighted by molar-refractivity contribution is -0.136. The van der Waals surface area contributed by atoms with Crippen LogP contribution in [0.3, 0.4) is 0 Å². The van der Waals surface area contributed by atoms with Crippen molar-refractivity contribution in [2.24, 2.45) is 0 Å². The quantitative estimate of drug-likeness (QED) is 0.654. The van der Waals surface area contributed by atoms with E-state index >= 15 is 0 Å². The summed E-state index contributed by atoms with van der Waals surface area (Å²) in [5.41, 5.74) is 0.0884. The second-order valence-corrected chi connectivity index (χ2v) is 7.04. The number of carbonyl (C=O) groups is 1. The fourth-order valence-corrected chi connectivity index (χ4v) is 3.71. The molecule has 0 unspecified atom stereocenters. The molecular weight excluding hydrogens is 385 g/mol. The molecule has 3 aromatic heterocycles. The Bertz CT molecular complexity index is 1030. The number of rotatable bonds is 3. The van der Waals surface area contributed by atoms with Gasteiger partial charge in [-0.3, -0.25) is 9.78 Å². The normalized spacial score (nSPS) is 15.8. The molecule has 0 bridgehead atoms. The molecule has 0 spiro atoms. The number of piperidine rings is 1. The van der Waals surface area contributed by atoms with Gasteiger partial charge in [0.15, 0.2) is 0 Å². The van der Waals surface area contributed by atoms with Gasteiger partial charge >= 0.3 is 6.18 Å². The summed E-state index contributed by atoms with van der Waals surface area (Å²) in [6.45, 7) is 2.56. The number of hydrogen-bond acceptors (Lipinski definition) is 5. The van der Waals surface area contributed by atoms with E-state index < -0.39 is 11.7 Å². The molecule has 3 aromatic rings. The number of likely N-dealkylation sites (tertiary alicyclic amines) is 1. The number of aryl methyl sites for hydroxylation is 1. The second-order valence-electron chi connectivity index (χ2n) is 7.04. The molecule has 0 radical (unpaired) electrons. The summed E-state index contributed by atoms with van der Waals surface area (Å²) in [5, 5.41) is 3.88. The SMILES string of the molecule is CCc1cc(C(F)(F)F)c2c(C3CCN(C(=O)c4ccccn4)CC3)noc2n1. The van der Waals surface area contributed by atoms with Crippen molar-refractivity contribution >= 4 is 17.0 Å². The van der Waals surface area contributed by atoms with Gasteiger partial charge in [-0.05, 0) is 37.5 Å². The van der Waals surface area contributed by atoms with Crippen molar-refractivity contribution in [3.05, 3.63) is 53.1 Å². The first-order valence-electron chi connectivity index (χ1n) is 9.45. The van der Waals surface area contributed by atoms with Crippen molar-refractivity contribution in [1.82, 2.24) is 20.0 Å². The number of carbonyl (C=O) groups excluding carboxylic acids is 1. The molecule has 1 aliphatic heterocycles. The van der Waals surface area contributed by atoms with Gasteiger partial charge < -0.3 is 9.42 Å². The first-order chi connectivity index (χ1) is 13.9. The summed E-state index contributed by atoms with van der Waals surface area (Å²) in [5.74, 6) is -0.418. The summed E-state index contributed by atoms with van der Waals surface area (Å²) >= 11 is 0. The Morgan fingerprint density at radius 2 is 2.03 bits per heavy atom. The van der Waals surface area contributed by atoms with Gasteiger partial charge in [0, 0.05) is 30.9 Å². The first kappa shape index (κ1) is 19.4. The van der Waals surface area contributed by atoms with Crippen molar-refractivity contribution in [2.45, 2.75) is 38.3 Å². The van der Waals surface area contributed by atoms with Gasteiger partial charge in [-0.1, -0.05) is 18.1 Å². The highest BCUT2D eigenvalue weighted by atomic mass is 19.4. The molecule has 6 nitrogen and oxygen atoms in total. The monoisotopic (exact) mass is 404 g/mol. The third-order valence-corrected chi connectivity index (χ3v) is 5.25. The van der Waals surface area contributed by atoms with Crippen LogP contribution in [0.15, 0.2) is 35.0 Å². The van der Waals surface area contributed by atoms with Crippen LogP contribution in [0.25, 0.3) is 11.1 Å². The molecule has 29 heavy (non-hydrogen) atoms. The van der Waals surface area contributed by atoms with Gasteiger partial charge in [0.2, 0.25) is 0 Å². The summed E-state index contributed by atoms with van der Waals surface area (Å²) in [6.07, 6.45) is -1.62. The number of aromatic nitrogens is 3. The maximum Gasteiger partial charge on any atom is 0.417 e. The standard InChI is InChI=1S/C20H19F3N4O2/c1-2-13-11-14(20(21,22)23)16-17(26-29-18(16)25-13)12-6-9-27(10-7-12)19(28)15-5-3-4-8-24-15/h3-5,8,11-12H,2,6-7,9-10H2,1H3. The van der Waals surface area contributed by atoms with E-state index in [2.05, 4.69) is 15.1 Å². The van der Waals surface area contributed by atoms with E-state index in [-0.39, 0.29) is 28.6 Å². The Morgan fingerprint density at radius 1 is 1.28 bits per heavy atom. The smallest absolute Gasteiger partial charge is 0.337 e. The predicted molar refractivity (Wildman–Crippen MR) is 98.3 cm³/mol. The Balaban J connectivity index is 1.60. The Kier molecular flexibility index (Phi) is 4.97. The highest BCUT2D eigenvalue weighted by Crippen LogP contribution is 2.40. The van der Waals surface area contributed by atoms with E-state index in [0.717, 1.165) is 6.07 Å². The molecule has 152 valence electrons. The molecule has 0 aromatic carbocycles. The predicted octanol–water partition coefficient (Wildman–Crippen LogP) is 4.22. The zero-order valence-corrected chi connectivity index (χ0v) is 15.7. The second kappa shape index (κ2) is 7.46. The fraction of sp³-hybridized carbons (Fsp3) is 0.400. The van der Waals surface area contributed by atoms with Crippen LogP contribution in [0.2, 0.25) is 0 Å². The van der Waals surface area contributed by atoms with E-state index in [1.165, 1.54) is 0 Å². The van der Waals surface area contributed by atoms with Gasteiger partial charge in [-0.25, -0.2) is 4.98 Å². The lowest BCUT2D eigenvalue weighted by Gasteiger charge is -2.31. The summed E-state index contributed by atoms with van der Waals surface area (Å²) in [4.78, 5) is 22.4. The lowest BCUT2D eigenvalue weighted by Crippen LogP contribution is -2.38. The average molecular weight is 404 g/mol. The Morgan fingerprint density at radius 3 is 2.66 bits per heavy atom. The number of hydrogen-bond donors (Lipinski definition) is 0. The summed E-state index contributed by atoms with van der Waals surface area (Å²) < 4.78 is 46.1. The Labute approximate surface area is 164 Å². The number of fused-ring (bicyclic) bond motifs is 1. The average Bonchev–Trinajstić information content (AvgIpc) is 3.16. The van der Waals surface area contributed by atoms with Crippen molar-refractivity contribution < 1.29 is 22.5 Å².